The van der Waals surface area contributed by atoms with E-state index in [-0.39, 0.29) is 5.91 Å². The van der Waals surface area contributed by atoms with Gasteiger partial charge in [-0.05, 0) is 43.7 Å². The lowest BCUT2D eigenvalue weighted by atomic mass is 9.85. The summed E-state index contributed by atoms with van der Waals surface area (Å²) in [6.45, 7) is 2.23. The summed E-state index contributed by atoms with van der Waals surface area (Å²) in [5.74, 6) is 0.661. The fraction of sp³-hybridized carbons (Fsp3) is 0.533. The largest absolute Gasteiger partial charge is 0.272 e. The van der Waals surface area contributed by atoms with Crippen molar-refractivity contribution in [2.45, 2.75) is 45.4 Å². The van der Waals surface area contributed by atoms with Crippen LogP contribution < -0.4 is 5.43 Å². The summed E-state index contributed by atoms with van der Waals surface area (Å²) in [5.41, 5.74) is 4.29. The minimum atomic E-state index is -0.184. The number of carbonyl (C=O) groups is 1. The fourth-order valence-electron chi connectivity index (χ4n) is 2.51. The topological polar surface area (TPSA) is 54.4 Å². The monoisotopic (exact) mass is 259 g/mol. The first-order chi connectivity index (χ1) is 9.29. The molecule has 1 heterocycles. The molecule has 0 unspecified atom stereocenters. The van der Waals surface area contributed by atoms with Gasteiger partial charge in [-0.1, -0.05) is 19.8 Å². The van der Waals surface area contributed by atoms with E-state index in [1.807, 2.05) is 0 Å². The van der Waals surface area contributed by atoms with Crippen LogP contribution in [0.25, 0.3) is 0 Å². The molecule has 1 aliphatic carbocycles. The summed E-state index contributed by atoms with van der Waals surface area (Å²) in [7, 11) is 0. The van der Waals surface area contributed by atoms with Crippen LogP contribution in [0.2, 0.25) is 0 Å². The highest BCUT2D eigenvalue weighted by Gasteiger charge is 2.17. The zero-order chi connectivity index (χ0) is 13.5. The van der Waals surface area contributed by atoms with Gasteiger partial charge in [0.2, 0.25) is 0 Å². The van der Waals surface area contributed by atoms with E-state index < -0.39 is 0 Å². The Bertz CT molecular complexity index is 432. The van der Waals surface area contributed by atoms with E-state index in [1.165, 1.54) is 25.7 Å². The van der Waals surface area contributed by atoms with Gasteiger partial charge in [-0.3, -0.25) is 9.78 Å². The standard InChI is InChI=1S/C15H21N3O/c1-2-4-12-6-8-14(9-7-12)17-18-15(19)13-5-3-10-16-11-13/h3,5,10-12H,2,4,6-9H2,1H3,(H,18,19). The van der Waals surface area contributed by atoms with Crippen molar-refractivity contribution in [1.82, 2.24) is 10.4 Å². The van der Waals surface area contributed by atoms with Gasteiger partial charge in [0.15, 0.2) is 0 Å². The molecule has 2 rings (SSSR count). The van der Waals surface area contributed by atoms with Gasteiger partial charge >= 0.3 is 0 Å². The Morgan fingerprint density at radius 3 is 2.89 bits per heavy atom. The Morgan fingerprint density at radius 2 is 2.26 bits per heavy atom. The first kappa shape index (κ1) is 13.7. The van der Waals surface area contributed by atoms with Crippen molar-refractivity contribution in [2.75, 3.05) is 0 Å². The Kier molecular flexibility index (Phi) is 5.07. The number of aromatic nitrogens is 1. The molecule has 1 aromatic rings. The van der Waals surface area contributed by atoms with E-state index in [0.29, 0.717) is 5.56 Å². The molecule has 0 radical (unpaired) electrons. The molecule has 0 atom stereocenters. The van der Waals surface area contributed by atoms with Crippen LogP contribution in [0.1, 0.15) is 55.8 Å². The molecule has 1 amide bonds. The number of hydrogen-bond acceptors (Lipinski definition) is 3. The summed E-state index contributed by atoms with van der Waals surface area (Å²) >= 11 is 0. The minimum Gasteiger partial charge on any atom is -0.267 e. The van der Waals surface area contributed by atoms with Crippen LogP contribution >= 0.6 is 0 Å². The third kappa shape index (κ3) is 4.16. The Hall–Kier alpha value is -1.71. The molecule has 1 fully saturated rings. The Morgan fingerprint density at radius 1 is 1.47 bits per heavy atom. The lowest BCUT2D eigenvalue weighted by molar-refractivity contribution is 0.0954. The van der Waals surface area contributed by atoms with Gasteiger partial charge in [0.05, 0.1) is 5.56 Å². The first-order valence-electron chi connectivity index (χ1n) is 7.05. The van der Waals surface area contributed by atoms with Crippen LogP contribution in [-0.4, -0.2) is 16.6 Å². The zero-order valence-electron chi connectivity index (χ0n) is 11.4. The molecular formula is C15H21N3O. The van der Waals surface area contributed by atoms with Crippen molar-refractivity contribution >= 4 is 11.6 Å². The van der Waals surface area contributed by atoms with E-state index >= 15 is 0 Å². The maximum Gasteiger partial charge on any atom is 0.272 e. The summed E-state index contributed by atoms with van der Waals surface area (Å²) in [6, 6.07) is 3.48. The van der Waals surface area contributed by atoms with Gasteiger partial charge in [-0.2, -0.15) is 5.10 Å². The highest BCUT2D eigenvalue weighted by Crippen LogP contribution is 2.25. The number of rotatable bonds is 4. The summed E-state index contributed by atoms with van der Waals surface area (Å²) in [4.78, 5) is 15.7. The van der Waals surface area contributed by atoms with Crippen LogP contribution in [0.4, 0.5) is 0 Å². The lowest BCUT2D eigenvalue weighted by Crippen LogP contribution is -2.22. The van der Waals surface area contributed by atoms with E-state index in [1.54, 1.807) is 24.5 Å². The number of hydrogen-bond donors (Lipinski definition) is 1. The van der Waals surface area contributed by atoms with Crippen LogP contribution in [0.3, 0.4) is 0 Å². The average Bonchev–Trinajstić information content (AvgIpc) is 2.47. The van der Waals surface area contributed by atoms with Crippen molar-refractivity contribution < 1.29 is 4.79 Å². The molecule has 19 heavy (non-hydrogen) atoms. The molecular weight excluding hydrogens is 238 g/mol. The SMILES string of the molecule is CCCC1CCC(=NNC(=O)c2cccnc2)CC1. The average molecular weight is 259 g/mol. The second-order valence-corrected chi connectivity index (χ2v) is 5.09. The quantitative estimate of drug-likeness (QED) is 0.844. The smallest absolute Gasteiger partial charge is 0.267 e. The molecule has 1 aliphatic rings. The summed E-state index contributed by atoms with van der Waals surface area (Å²) in [5, 5.41) is 4.24. The number of carbonyl (C=O) groups excluding carboxylic acids is 1. The zero-order valence-corrected chi connectivity index (χ0v) is 11.4. The van der Waals surface area contributed by atoms with E-state index in [0.717, 1.165) is 24.5 Å². The van der Waals surface area contributed by atoms with Crippen LogP contribution in [0.15, 0.2) is 29.6 Å². The number of pyridine rings is 1. The third-order valence-corrected chi connectivity index (χ3v) is 3.62. The molecule has 0 saturated heterocycles. The lowest BCUT2D eigenvalue weighted by Gasteiger charge is -2.22. The molecule has 1 aromatic heterocycles. The number of amides is 1. The number of nitrogens with zero attached hydrogens (tertiary/aromatic N) is 2. The molecule has 0 spiro atoms. The molecule has 0 aliphatic heterocycles. The van der Waals surface area contributed by atoms with Crippen molar-refractivity contribution in [3.8, 4) is 0 Å². The van der Waals surface area contributed by atoms with E-state index in [2.05, 4.69) is 22.4 Å². The van der Waals surface area contributed by atoms with Gasteiger partial charge in [0.1, 0.15) is 0 Å². The van der Waals surface area contributed by atoms with Gasteiger partial charge in [0.25, 0.3) is 5.91 Å². The minimum absolute atomic E-state index is 0.184. The third-order valence-electron chi connectivity index (χ3n) is 3.62. The fourth-order valence-corrected chi connectivity index (χ4v) is 2.51. The molecule has 4 nitrogen and oxygen atoms in total. The predicted octanol–water partition coefficient (Wildman–Crippen LogP) is 3.16. The molecule has 1 N–H and O–H groups in total. The highest BCUT2D eigenvalue weighted by molar-refractivity contribution is 5.95. The Balaban J connectivity index is 1.82. The highest BCUT2D eigenvalue weighted by atomic mass is 16.2. The van der Waals surface area contributed by atoms with Crippen LogP contribution in [0.5, 0.6) is 0 Å². The Labute approximate surface area is 114 Å². The van der Waals surface area contributed by atoms with Gasteiger partial charge in [0, 0.05) is 18.1 Å². The van der Waals surface area contributed by atoms with Crippen molar-refractivity contribution in [3.05, 3.63) is 30.1 Å². The van der Waals surface area contributed by atoms with Crippen molar-refractivity contribution in [2.24, 2.45) is 11.0 Å². The van der Waals surface area contributed by atoms with Gasteiger partial charge < -0.3 is 0 Å². The van der Waals surface area contributed by atoms with Crippen LogP contribution in [-0.2, 0) is 0 Å². The molecule has 102 valence electrons. The van der Waals surface area contributed by atoms with E-state index in [9.17, 15) is 4.79 Å². The summed E-state index contributed by atoms with van der Waals surface area (Å²) in [6.07, 6.45) is 10.2. The van der Waals surface area contributed by atoms with Gasteiger partial charge in [-0.15, -0.1) is 0 Å². The molecule has 1 saturated carbocycles. The van der Waals surface area contributed by atoms with Crippen molar-refractivity contribution in [1.29, 1.82) is 0 Å². The maximum absolute atomic E-state index is 11.8. The molecule has 0 aromatic carbocycles. The van der Waals surface area contributed by atoms with Crippen LogP contribution in [0, 0.1) is 5.92 Å². The maximum atomic E-state index is 11.8. The van der Waals surface area contributed by atoms with Gasteiger partial charge in [-0.25, -0.2) is 5.43 Å². The molecule has 0 bridgehead atoms. The predicted molar refractivity (Wildman–Crippen MR) is 76.0 cm³/mol. The first-order valence-corrected chi connectivity index (χ1v) is 7.05. The van der Waals surface area contributed by atoms with E-state index in [4.69, 9.17) is 0 Å². The number of hydrazone groups is 1. The van der Waals surface area contributed by atoms with Crippen molar-refractivity contribution in [3.63, 3.8) is 0 Å². The summed E-state index contributed by atoms with van der Waals surface area (Å²) < 4.78 is 0. The second-order valence-electron chi connectivity index (χ2n) is 5.09. The molecule has 4 heteroatoms. The number of nitrogens with one attached hydrogen (secondary N) is 1. The second kappa shape index (κ2) is 7.02. The normalized spacial score (nSPS) is 19.0.